The van der Waals surface area contributed by atoms with Crippen molar-refractivity contribution >= 4 is 39.6 Å². The SMILES string of the molecule is CC(=O)N(/C=C(/C#N)C(=O)Nc1cccc2c(O)cccc12)c1ccc(N)cc1. The maximum Gasteiger partial charge on any atom is 0.267 e. The van der Waals surface area contributed by atoms with Crippen LogP contribution in [0.3, 0.4) is 0 Å². The predicted octanol–water partition coefficient (Wildman–Crippen LogP) is 3.53. The molecule has 2 amide bonds. The summed E-state index contributed by atoms with van der Waals surface area (Å²) in [4.78, 5) is 25.9. The van der Waals surface area contributed by atoms with E-state index in [0.717, 1.165) is 0 Å². The van der Waals surface area contributed by atoms with Crippen molar-refractivity contribution in [1.82, 2.24) is 0 Å². The van der Waals surface area contributed by atoms with Crippen LogP contribution in [0.15, 0.2) is 72.4 Å². The van der Waals surface area contributed by atoms with Crippen molar-refractivity contribution in [3.63, 3.8) is 0 Å². The first-order valence-electron chi connectivity index (χ1n) is 8.70. The van der Waals surface area contributed by atoms with Crippen LogP contribution in [0.2, 0.25) is 0 Å². The van der Waals surface area contributed by atoms with E-state index < -0.39 is 5.91 Å². The van der Waals surface area contributed by atoms with Crippen molar-refractivity contribution in [2.24, 2.45) is 0 Å². The number of carbonyl (C=O) groups is 2. The molecule has 7 nitrogen and oxygen atoms in total. The fraction of sp³-hybridized carbons (Fsp3) is 0.0455. The number of nitrogens with zero attached hydrogens (tertiary/aromatic N) is 2. The van der Waals surface area contributed by atoms with Gasteiger partial charge in [-0.15, -0.1) is 0 Å². The molecule has 0 heterocycles. The smallest absolute Gasteiger partial charge is 0.267 e. The summed E-state index contributed by atoms with van der Waals surface area (Å²) in [5.41, 5.74) is 6.85. The lowest BCUT2D eigenvalue weighted by molar-refractivity contribution is -0.116. The highest BCUT2D eigenvalue weighted by Crippen LogP contribution is 2.30. The first kappa shape index (κ1) is 19.5. The third kappa shape index (κ3) is 4.17. The molecule has 0 saturated carbocycles. The summed E-state index contributed by atoms with van der Waals surface area (Å²) in [6, 6.07) is 18.3. The van der Waals surface area contributed by atoms with Gasteiger partial charge in [-0.2, -0.15) is 5.26 Å². The van der Waals surface area contributed by atoms with E-state index in [-0.39, 0.29) is 17.2 Å². The predicted molar refractivity (Wildman–Crippen MR) is 112 cm³/mol. The zero-order chi connectivity index (χ0) is 21.0. The monoisotopic (exact) mass is 386 g/mol. The van der Waals surface area contributed by atoms with Crippen LogP contribution >= 0.6 is 0 Å². The topological polar surface area (TPSA) is 119 Å². The second-order valence-corrected chi connectivity index (χ2v) is 6.27. The Kier molecular flexibility index (Phi) is 5.47. The van der Waals surface area contributed by atoms with Crippen molar-refractivity contribution < 1.29 is 14.7 Å². The molecular formula is C22H18N4O3. The lowest BCUT2D eigenvalue weighted by atomic mass is 10.1. The van der Waals surface area contributed by atoms with Gasteiger partial charge in [0.15, 0.2) is 0 Å². The van der Waals surface area contributed by atoms with Gasteiger partial charge in [-0.1, -0.05) is 24.3 Å². The number of fused-ring (bicyclic) bond motifs is 1. The molecular weight excluding hydrogens is 368 g/mol. The summed E-state index contributed by atoms with van der Waals surface area (Å²) in [6.45, 7) is 1.33. The van der Waals surface area contributed by atoms with Gasteiger partial charge in [-0.25, -0.2) is 0 Å². The van der Waals surface area contributed by atoms with E-state index >= 15 is 0 Å². The number of nitrogen functional groups attached to an aromatic ring is 1. The van der Waals surface area contributed by atoms with Gasteiger partial charge in [-0.05, 0) is 36.4 Å². The Morgan fingerprint density at radius 3 is 2.38 bits per heavy atom. The molecule has 0 spiro atoms. The average molecular weight is 386 g/mol. The Labute approximate surface area is 167 Å². The summed E-state index contributed by atoms with van der Waals surface area (Å²) in [5.74, 6) is -0.962. The van der Waals surface area contributed by atoms with Crippen LogP contribution in [0, 0.1) is 11.3 Å². The number of hydrogen-bond donors (Lipinski definition) is 3. The molecule has 3 aromatic carbocycles. The van der Waals surface area contributed by atoms with E-state index in [2.05, 4.69) is 5.32 Å². The molecule has 3 rings (SSSR count). The molecule has 7 heteroatoms. The lowest BCUT2D eigenvalue weighted by Crippen LogP contribution is -2.25. The van der Waals surface area contributed by atoms with Crippen LogP contribution in [-0.2, 0) is 9.59 Å². The molecule has 0 atom stereocenters. The van der Waals surface area contributed by atoms with Crippen molar-refractivity contribution in [3.05, 3.63) is 72.4 Å². The minimum absolute atomic E-state index is 0.0840. The number of rotatable bonds is 4. The van der Waals surface area contributed by atoms with Gasteiger partial charge in [0.05, 0.1) is 0 Å². The number of nitriles is 1. The number of phenolic OH excluding ortho intramolecular Hbond substituents is 1. The fourth-order valence-corrected chi connectivity index (χ4v) is 2.84. The van der Waals surface area contributed by atoms with Gasteiger partial charge in [0.25, 0.3) is 5.91 Å². The number of nitrogens with two attached hydrogens (primary N) is 1. The minimum atomic E-state index is -0.676. The normalized spacial score (nSPS) is 11.0. The maximum atomic E-state index is 12.7. The van der Waals surface area contributed by atoms with E-state index in [4.69, 9.17) is 5.73 Å². The van der Waals surface area contributed by atoms with Gasteiger partial charge < -0.3 is 16.2 Å². The van der Waals surface area contributed by atoms with Gasteiger partial charge in [0.2, 0.25) is 5.91 Å². The molecule has 0 saturated heterocycles. The van der Waals surface area contributed by atoms with E-state index in [0.29, 0.717) is 27.8 Å². The number of carbonyl (C=O) groups excluding carboxylic acids is 2. The van der Waals surface area contributed by atoms with Gasteiger partial charge in [-0.3, -0.25) is 14.5 Å². The van der Waals surface area contributed by atoms with Crippen molar-refractivity contribution in [2.45, 2.75) is 6.92 Å². The number of phenols is 1. The molecule has 29 heavy (non-hydrogen) atoms. The van der Waals surface area contributed by atoms with E-state index in [9.17, 15) is 20.0 Å². The Balaban J connectivity index is 1.94. The highest BCUT2D eigenvalue weighted by atomic mass is 16.3. The Morgan fingerprint density at radius 2 is 1.72 bits per heavy atom. The van der Waals surface area contributed by atoms with Gasteiger partial charge in [0.1, 0.15) is 17.4 Å². The summed E-state index contributed by atoms with van der Waals surface area (Å²) < 4.78 is 0. The highest BCUT2D eigenvalue weighted by molar-refractivity contribution is 6.12. The van der Waals surface area contributed by atoms with Gasteiger partial charge >= 0.3 is 0 Å². The third-order valence-electron chi connectivity index (χ3n) is 4.28. The Bertz CT molecular complexity index is 1160. The van der Waals surface area contributed by atoms with Gasteiger partial charge in [0, 0.05) is 41.0 Å². The third-order valence-corrected chi connectivity index (χ3v) is 4.28. The first-order chi connectivity index (χ1) is 13.9. The molecule has 0 unspecified atom stereocenters. The van der Waals surface area contributed by atoms with Crippen molar-refractivity contribution in [3.8, 4) is 11.8 Å². The molecule has 144 valence electrons. The number of amides is 2. The fourth-order valence-electron chi connectivity index (χ4n) is 2.84. The second-order valence-electron chi connectivity index (χ2n) is 6.27. The standard InChI is InChI=1S/C22H18N4O3/c1-14(27)26(17-10-8-16(24)9-11-17)13-15(12-23)22(29)25-20-6-2-5-19-18(20)4-3-7-21(19)28/h2-11,13,28H,24H2,1H3,(H,25,29)/b15-13-. The Hall–Kier alpha value is -4.31. The quantitative estimate of drug-likeness (QED) is 0.360. The molecule has 0 aliphatic rings. The number of nitrogens with one attached hydrogen (secondary N) is 1. The molecule has 0 bridgehead atoms. The van der Waals surface area contributed by atoms with Crippen molar-refractivity contribution in [2.75, 3.05) is 16.0 Å². The van der Waals surface area contributed by atoms with Crippen LogP contribution in [0.25, 0.3) is 10.8 Å². The number of aromatic hydroxyl groups is 1. The van der Waals surface area contributed by atoms with Crippen LogP contribution < -0.4 is 16.0 Å². The average Bonchev–Trinajstić information content (AvgIpc) is 2.70. The molecule has 4 N–H and O–H groups in total. The largest absolute Gasteiger partial charge is 0.507 e. The van der Waals surface area contributed by atoms with Crippen LogP contribution in [0.5, 0.6) is 5.75 Å². The molecule has 0 aliphatic carbocycles. The maximum absolute atomic E-state index is 12.7. The number of hydrogen-bond acceptors (Lipinski definition) is 5. The molecule has 0 radical (unpaired) electrons. The first-order valence-corrected chi connectivity index (χ1v) is 8.70. The second kappa shape index (κ2) is 8.15. The minimum Gasteiger partial charge on any atom is -0.507 e. The zero-order valence-corrected chi connectivity index (χ0v) is 15.6. The highest BCUT2D eigenvalue weighted by Gasteiger charge is 2.16. The summed E-state index contributed by atoms with van der Waals surface area (Å²) in [5, 5.41) is 23.3. The number of benzene rings is 3. The molecule has 0 aliphatic heterocycles. The number of anilines is 3. The summed E-state index contributed by atoms with van der Waals surface area (Å²) >= 11 is 0. The summed E-state index contributed by atoms with van der Waals surface area (Å²) in [7, 11) is 0. The Morgan fingerprint density at radius 1 is 1.07 bits per heavy atom. The van der Waals surface area contributed by atoms with E-state index in [1.54, 1.807) is 60.7 Å². The van der Waals surface area contributed by atoms with Crippen molar-refractivity contribution in [1.29, 1.82) is 5.26 Å². The van der Waals surface area contributed by atoms with Crippen LogP contribution in [-0.4, -0.2) is 16.9 Å². The van der Waals surface area contributed by atoms with Crippen LogP contribution in [0.1, 0.15) is 6.92 Å². The van der Waals surface area contributed by atoms with E-state index in [1.807, 2.05) is 6.07 Å². The van der Waals surface area contributed by atoms with Crippen LogP contribution in [0.4, 0.5) is 17.1 Å². The zero-order valence-electron chi connectivity index (χ0n) is 15.6. The molecule has 0 fully saturated rings. The molecule has 0 aromatic heterocycles. The van der Waals surface area contributed by atoms with E-state index in [1.165, 1.54) is 18.0 Å². The summed E-state index contributed by atoms with van der Waals surface area (Å²) in [6.07, 6.45) is 1.19. The lowest BCUT2D eigenvalue weighted by Gasteiger charge is -2.17. The molecule has 3 aromatic rings.